The molecule has 1 aliphatic rings. The maximum absolute atomic E-state index is 8.70. The molecule has 4 nitrogen and oxygen atoms in total. The molecule has 1 aromatic rings. The van der Waals surface area contributed by atoms with Crippen molar-refractivity contribution >= 4 is 5.69 Å². The first kappa shape index (κ1) is 11.9. The van der Waals surface area contributed by atoms with Crippen LogP contribution in [0.2, 0.25) is 0 Å². The Balaban J connectivity index is 2.03. The Hall–Kier alpha value is -1.60. The number of nitriles is 1. The van der Waals surface area contributed by atoms with E-state index in [9.17, 15) is 0 Å². The zero-order valence-corrected chi connectivity index (χ0v) is 10.1. The number of rotatable bonds is 2. The highest BCUT2D eigenvalue weighted by Gasteiger charge is 2.22. The van der Waals surface area contributed by atoms with Crippen LogP contribution in [0, 0.1) is 11.3 Å². The van der Waals surface area contributed by atoms with E-state index in [1.807, 2.05) is 12.1 Å². The van der Waals surface area contributed by atoms with Crippen molar-refractivity contribution in [3.8, 4) is 6.07 Å². The molecule has 0 aliphatic heterocycles. The first-order chi connectivity index (χ1) is 8.20. The Bertz CT molecular complexity index is 398. The first-order valence-corrected chi connectivity index (χ1v) is 6.05. The number of anilines is 1. The highest BCUT2D eigenvalue weighted by Crippen LogP contribution is 2.25. The minimum atomic E-state index is 0.374. The van der Waals surface area contributed by atoms with Gasteiger partial charge in [-0.1, -0.05) is 0 Å². The van der Waals surface area contributed by atoms with Gasteiger partial charge in [0.1, 0.15) is 11.8 Å². The largest absolute Gasteiger partial charge is 0.370 e. The molecule has 2 rings (SSSR count). The maximum Gasteiger partial charge on any atom is 0.140 e. The van der Waals surface area contributed by atoms with E-state index >= 15 is 0 Å². The summed E-state index contributed by atoms with van der Waals surface area (Å²) < 4.78 is 0. The molecule has 1 saturated carbocycles. The predicted octanol–water partition coefficient (Wildman–Crippen LogP) is 1.66. The second kappa shape index (κ2) is 5.15. The molecule has 1 aromatic heterocycles. The van der Waals surface area contributed by atoms with Crippen LogP contribution in [0.5, 0.6) is 0 Å². The van der Waals surface area contributed by atoms with Crippen molar-refractivity contribution in [2.24, 2.45) is 5.73 Å². The topological polar surface area (TPSA) is 65.9 Å². The Kier molecular flexibility index (Phi) is 3.60. The molecule has 4 heteroatoms. The van der Waals surface area contributed by atoms with Gasteiger partial charge in [0.15, 0.2) is 0 Å². The Morgan fingerprint density at radius 2 is 2.06 bits per heavy atom. The van der Waals surface area contributed by atoms with Crippen molar-refractivity contribution in [2.75, 3.05) is 11.9 Å². The molecule has 0 saturated heterocycles. The van der Waals surface area contributed by atoms with Crippen molar-refractivity contribution in [3.05, 3.63) is 24.0 Å². The highest BCUT2D eigenvalue weighted by molar-refractivity contribution is 5.46. The van der Waals surface area contributed by atoms with Crippen LogP contribution in [0.15, 0.2) is 18.3 Å². The van der Waals surface area contributed by atoms with Crippen molar-refractivity contribution in [2.45, 2.75) is 37.8 Å². The van der Waals surface area contributed by atoms with Crippen LogP contribution >= 0.6 is 0 Å². The standard InChI is InChI=1S/C13H18N4/c1-17(12-5-2-10(15)3-6-12)13-7-4-11(8-14)16-9-13/h4,7,9-10,12H,2-3,5-6,15H2,1H3. The van der Waals surface area contributed by atoms with Gasteiger partial charge >= 0.3 is 0 Å². The summed E-state index contributed by atoms with van der Waals surface area (Å²) in [6.45, 7) is 0. The maximum atomic E-state index is 8.70. The normalized spacial score (nSPS) is 24.1. The molecule has 90 valence electrons. The highest BCUT2D eigenvalue weighted by atomic mass is 15.1. The summed E-state index contributed by atoms with van der Waals surface area (Å²) in [7, 11) is 2.09. The number of aromatic nitrogens is 1. The summed E-state index contributed by atoms with van der Waals surface area (Å²) in [6.07, 6.45) is 6.24. The van der Waals surface area contributed by atoms with E-state index in [1.54, 1.807) is 12.3 Å². The molecule has 0 spiro atoms. The van der Waals surface area contributed by atoms with Gasteiger partial charge in [0.2, 0.25) is 0 Å². The lowest BCUT2D eigenvalue weighted by atomic mass is 9.91. The molecule has 0 amide bonds. The van der Waals surface area contributed by atoms with Crippen LogP contribution in [-0.4, -0.2) is 24.1 Å². The number of nitrogens with zero attached hydrogens (tertiary/aromatic N) is 3. The molecule has 17 heavy (non-hydrogen) atoms. The van der Waals surface area contributed by atoms with Gasteiger partial charge in [-0.05, 0) is 37.8 Å². The molecule has 1 heterocycles. The average Bonchev–Trinajstić information content (AvgIpc) is 2.39. The van der Waals surface area contributed by atoms with E-state index in [2.05, 4.69) is 16.9 Å². The third kappa shape index (κ3) is 2.75. The predicted molar refractivity (Wildman–Crippen MR) is 67.6 cm³/mol. The number of hydrogen-bond acceptors (Lipinski definition) is 4. The number of hydrogen-bond donors (Lipinski definition) is 1. The molecule has 1 aliphatic carbocycles. The van der Waals surface area contributed by atoms with Crippen molar-refractivity contribution in [1.29, 1.82) is 5.26 Å². The monoisotopic (exact) mass is 230 g/mol. The summed E-state index contributed by atoms with van der Waals surface area (Å²) >= 11 is 0. The second-order valence-corrected chi connectivity index (χ2v) is 4.69. The van der Waals surface area contributed by atoms with Gasteiger partial charge in [-0.3, -0.25) is 0 Å². The lowest BCUT2D eigenvalue weighted by molar-refractivity contribution is 0.385. The molecule has 1 fully saturated rings. The summed E-state index contributed by atoms with van der Waals surface area (Å²) in [6, 6.07) is 6.67. The molecule has 0 bridgehead atoms. The SMILES string of the molecule is CN(c1ccc(C#N)nc1)C1CCC(N)CC1. The fourth-order valence-corrected chi connectivity index (χ4v) is 2.36. The molecular weight excluding hydrogens is 212 g/mol. The van der Waals surface area contributed by atoms with E-state index in [1.165, 1.54) is 0 Å². The summed E-state index contributed by atoms with van der Waals surface area (Å²) in [4.78, 5) is 6.35. The van der Waals surface area contributed by atoms with E-state index in [0.717, 1.165) is 31.4 Å². The van der Waals surface area contributed by atoms with Crippen LogP contribution in [0.1, 0.15) is 31.4 Å². The zero-order chi connectivity index (χ0) is 12.3. The van der Waals surface area contributed by atoms with Crippen molar-refractivity contribution < 1.29 is 0 Å². The van der Waals surface area contributed by atoms with E-state index < -0.39 is 0 Å². The Morgan fingerprint density at radius 1 is 1.35 bits per heavy atom. The summed E-state index contributed by atoms with van der Waals surface area (Å²) in [5.41, 5.74) is 7.45. The summed E-state index contributed by atoms with van der Waals surface area (Å²) in [5.74, 6) is 0. The van der Waals surface area contributed by atoms with E-state index in [4.69, 9.17) is 11.0 Å². The number of nitrogens with two attached hydrogens (primary N) is 1. The van der Waals surface area contributed by atoms with Gasteiger partial charge in [-0.2, -0.15) is 5.26 Å². The van der Waals surface area contributed by atoms with Gasteiger partial charge < -0.3 is 10.6 Å². The first-order valence-electron chi connectivity index (χ1n) is 6.05. The molecule has 0 unspecified atom stereocenters. The third-order valence-corrected chi connectivity index (χ3v) is 3.56. The molecular formula is C13H18N4. The molecule has 0 aromatic carbocycles. The van der Waals surface area contributed by atoms with Gasteiger partial charge in [-0.15, -0.1) is 0 Å². The van der Waals surface area contributed by atoms with Crippen LogP contribution in [0.4, 0.5) is 5.69 Å². The quantitative estimate of drug-likeness (QED) is 0.839. The Labute approximate surface area is 102 Å². The van der Waals surface area contributed by atoms with Gasteiger partial charge in [0.25, 0.3) is 0 Å². The lowest BCUT2D eigenvalue weighted by Gasteiger charge is -2.34. The fraction of sp³-hybridized carbons (Fsp3) is 0.538. The van der Waals surface area contributed by atoms with Crippen molar-refractivity contribution in [3.63, 3.8) is 0 Å². The van der Waals surface area contributed by atoms with Gasteiger partial charge in [-0.25, -0.2) is 4.98 Å². The van der Waals surface area contributed by atoms with Crippen LogP contribution in [-0.2, 0) is 0 Å². The minimum Gasteiger partial charge on any atom is -0.370 e. The van der Waals surface area contributed by atoms with Crippen LogP contribution in [0.3, 0.4) is 0 Å². The van der Waals surface area contributed by atoms with Crippen LogP contribution < -0.4 is 10.6 Å². The van der Waals surface area contributed by atoms with E-state index in [0.29, 0.717) is 17.8 Å². The lowest BCUT2D eigenvalue weighted by Crippen LogP contribution is -2.38. The smallest absolute Gasteiger partial charge is 0.140 e. The molecule has 0 atom stereocenters. The second-order valence-electron chi connectivity index (χ2n) is 4.69. The van der Waals surface area contributed by atoms with Crippen LogP contribution in [0.25, 0.3) is 0 Å². The molecule has 0 radical (unpaired) electrons. The van der Waals surface area contributed by atoms with Gasteiger partial charge in [0, 0.05) is 19.1 Å². The van der Waals surface area contributed by atoms with Crippen molar-refractivity contribution in [1.82, 2.24) is 4.98 Å². The third-order valence-electron chi connectivity index (χ3n) is 3.56. The fourth-order valence-electron chi connectivity index (χ4n) is 2.36. The summed E-state index contributed by atoms with van der Waals surface area (Å²) in [5, 5.41) is 8.70. The zero-order valence-electron chi connectivity index (χ0n) is 10.1. The Morgan fingerprint density at radius 3 is 2.59 bits per heavy atom. The average molecular weight is 230 g/mol. The van der Waals surface area contributed by atoms with Gasteiger partial charge in [0.05, 0.1) is 11.9 Å². The number of pyridine rings is 1. The van der Waals surface area contributed by atoms with E-state index in [-0.39, 0.29) is 0 Å². The molecule has 2 N–H and O–H groups in total. The minimum absolute atomic E-state index is 0.374.